The standard InChI is InChI=1S/C17H22FN5O/c1-11(2)15-20-16(22-21-15)14-7-4-8-23(14)17(24)19-10-12-5-3-6-13(18)9-12/h3,5-6,9,11,14H,4,7-8,10H2,1-2H3,(H,19,24)(H,20,21,22)/t14-/m0/s1. The molecule has 7 heteroatoms. The Labute approximate surface area is 140 Å². The number of likely N-dealkylation sites (tertiary alicyclic amines) is 1. The summed E-state index contributed by atoms with van der Waals surface area (Å²) in [7, 11) is 0. The van der Waals surface area contributed by atoms with Crippen LogP contribution in [-0.2, 0) is 6.54 Å². The van der Waals surface area contributed by atoms with Crippen molar-refractivity contribution in [3.05, 3.63) is 47.3 Å². The number of urea groups is 1. The van der Waals surface area contributed by atoms with Gasteiger partial charge in [0.05, 0.1) is 6.04 Å². The Morgan fingerprint density at radius 2 is 2.33 bits per heavy atom. The van der Waals surface area contributed by atoms with Gasteiger partial charge in [0.15, 0.2) is 5.82 Å². The van der Waals surface area contributed by atoms with E-state index in [1.807, 2.05) is 13.8 Å². The highest BCUT2D eigenvalue weighted by atomic mass is 19.1. The minimum Gasteiger partial charge on any atom is -0.334 e. The Kier molecular flexibility index (Phi) is 4.78. The van der Waals surface area contributed by atoms with Crippen LogP contribution in [0.2, 0.25) is 0 Å². The minimum atomic E-state index is -0.302. The van der Waals surface area contributed by atoms with Crippen LogP contribution in [0, 0.1) is 5.82 Å². The summed E-state index contributed by atoms with van der Waals surface area (Å²) < 4.78 is 13.2. The third kappa shape index (κ3) is 3.55. The van der Waals surface area contributed by atoms with Crippen LogP contribution in [0.4, 0.5) is 9.18 Å². The lowest BCUT2D eigenvalue weighted by Crippen LogP contribution is -2.39. The number of H-pyrrole nitrogens is 1. The van der Waals surface area contributed by atoms with Crippen molar-refractivity contribution < 1.29 is 9.18 Å². The largest absolute Gasteiger partial charge is 0.334 e. The van der Waals surface area contributed by atoms with Gasteiger partial charge in [0.25, 0.3) is 0 Å². The van der Waals surface area contributed by atoms with Crippen LogP contribution in [0.5, 0.6) is 0 Å². The van der Waals surface area contributed by atoms with Gasteiger partial charge in [-0.1, -0.05) is 26.0 Å². The Hall–Kier alpha value is -2.44. The third-order valence-electron chi connectivity index (χ3n) is 4.20. The van der Waals surface area contributed by atoms with Crippen molar-refractivity contribution in [2.75, 3.05) is 6.54 Å². The SMILES string of the molecule is CC(C)c1n[nH]c([C@@H]2CCCN2C(=O)NCc2cccc(F)c2)n1. The topological polar surface area (TPSA) is 73.9 Å². The summed E-state index contributed by atoms with van der Waals surface area (Å²) in [5.74, 6) is 1.43. The summed E-state index contributed by atoms with van der Waals surface area (Å²) in [5.41, 5.74) is 0.737. The van der Waals surface area contributed by atoms with E-state index < -0.39 is 0 Å². The van der Waals surface area contributed by atoms with Gasteiger partial charge in [-0.15, -0.1) is 0 Å². The molecule has 3 rings (SSSR count). The normalized spacial score (nSPS) is 17.5. The fourth-order valence-electron chi connectivity index (χ4n) is 2.92. The van der Waals surface area contributed by atoms with E-state index in [-0.39, 0.29) is 23.8 Å². The van der Waals surface area contributed by atoms with Crippen molar-refractivity contribution in [1.29, 1.82) is 0 Å². The van der Waals surface area contributed by atoms with E-state index in [0.29, 0.717) is 13.1 Å². The van der Waals surface area contributed by atoms with E-state index in [9.17, 15) is 9.18 Å². The van der Waals surface area contributed by atoms with Crippen molar-refractivity contribution in [2.45, 2.75) is 45.2 Å². The Morgan fingerprint density at radius 1 is 1.50 bits per heavy atom. The molecule has 24 heavy (non-hydrogen) atoms. The van der Waals surface area contributed by atoms with Crippen molar-refractivity contribution in [3.63, 3.8) is 0 Å². The van der Waals surface area contributed by atoms with Gasteiger partial charge >= 0.3 is 6.03 Å². The van der Waals surface area contributed by atoms with E-state index in [1.54, 1.807) is 17.0 Å². The molecule has 6 nitrogen and oxygen atoms in total. The highest BCUT2D eigenvalue weighted by Gasteiger charge is 2.32. The summed E-state index contributed by atoms with van der Waals surface area (Å²) in [6, 6.07) is 5.99. The Balaban J connectivity index is 1.64. The molecule has 0 aliphatic carbocycles. The first-order valence-electron chi connectivity index (χ1n) is 8.25. The van der Waals surface area contributed by atoms with E-state index in [4.69, 9.17) is 0 Å². The van der Waals surface area contributed by atoms with Crippen LogP contribution in [0.25, 0.3) is 0 Å². The van der Waals surface area contributed by atoms with Crippen molar-refractivity contribution >= 4 is 6.03 Å². The fourth-order valence-corrected chi connectivity index (χ4v) is 2.92. The van der Waals surface area contributed by atoms with Crippen LogP contribution in [-0.4, -0.2) is 32.7 Å². The highest BCUT2D eigenvalue weighted by Crippen LogP contribution is 2.30. The second kappa shape index (κ2) is 6.98. The minimum absolute atomic E-state index is 0.0856. The first kappa shape index (κ1) is 16.4. The molecule has 128 valence electrons. The van der Waals surface area contributed by atoms with Gasteiger partial charge in [-0.3, -0.25) is 5.10 Å². The van der Waals surface area contributed by atoms with Gasteiger partial charge in [0, 0.05) is 19.0 Å². The molecule has 0 unspecified atom stereocenters. The number of benzene rings is 1. The molecule has 2 aromatic rings. The molecule has 1 aliphatic heterocycles. The average Bonchev–Trinajstić information content (AvgIpc) is 3.21. The quantitative estimate of drug-likeness (QED) is 0.904. The third-order valence-corrected chi connectivity index (χ3v) is 4.20. The summed E-state index contributed by atoms with van der Waals surface area (Å²) in [6.07, 6.45) is 1.79. The summed E-state index contributed by atoms with van der Waals surface area (Å²) in [6.45, 7) is 5.04. The van der Waals surface area contributed by atoms with Crippen LogP contribution in [0.1, 0.15) is 55.9 Å². The lowest BCUT2D eigenvalue weighted by Gasteiger charge is -2.23. The summed E-state index contributed by atoms with van der Waals surface area (Å²) in [5, 5.41) is 10.0. The van der Waals surface area contributed by atoms with Crippen LogP contribution < -0.4 is 5.32 Å². The second-order valence-corrected chi connectivity index (χ2v) is 6.37. The predicted molar refractivity (Wildman–Crippen MR) is 87.8 cm³/mol. The number of aromatic nitrogens is 3. The smallest absolute Gasteiger partial charge is 0.318 e. The zero-order valence-electron chi connectivity index (χ0n) is 13.9. The molecule has 2 amide bonds. The van der Waals surface area contributed by atoms with E-state index in [0.717, 1.165) is 30.1 Å². The molecule has 2 heterocycles. The van der Waals surface area contributed by atoms with Crippen LogP contribution in [0.15, 0.2) is 24.3 Å². The summed E-state index contributed by atoms with van der Waals surface area (Å²) >= 11 is 0. The molecule has 0 radical (unpaired) electrons. The molecule has 1 aromatic carbocycles. The maximum Gasteiger partial charge on any atom is 0.318 e. The van der Waals surface area contributed by atoms with Crippen molar-refractivity contribution in [3.8, 4) is 0 Å². The molecular weight excluding hydrogens is 309 g/mol. The number of carbonyl (C=O) groups is 1. The first-order valence-corrected chi connectivity index (χ1v) is 8.25. The fraction of sp³-hybridized carbons (Fsp3) is 0.471. The molecule has 1 saturated heterocycles. The molecule has 2 N–H and O–H groups in total. The zero-order valence-corrected chi connectivity index (χ0v) is 13.9. The maximum atomic E-state index is 13.2. The molecule has 0 bridgehead atoms. The molecule has 0 saturated carbocycles. The van der Waals surface area contributed by atoms with E-state index >= 15 is 0 Å². The number of nitrogens with zero attached hydrogens (tertiary/aromatic N) is 3. The van der Waals surface area contributed by atoms with Gasteiger partial charge in [0.1, 0.15) is 11.6 Å². The van der Waals surface area contributed by atoms with Gasteiger partial charge in [-0.25, -0.2) is 14.2 Å². The number of hydrogen-bond acceptors (Lipinski definition) is 3. The van der Waals surface area contributed by atoms with Crippen LogP contribution >= 0.6 is 0 Å². The molecular formula is C17H22FN5O. The zero-order chi connectivity index (χ0) is 17.1. The molecule has 1 fully saturated rings. The van der Waals surface area contributed by atoms with E-state index in [1.165, 1.54) is 12.1 Å². The number of nitrogens with one attached hydrogen (secondary N) is 2. The number of carbonyl (C=O) groups excluding carboxylic acids is 1. The number of halogens is 1. The second-order valence-electron chi connectivity index (χ2n) is 6.37. The van der Waals surface area contributed by atoms with Gasteiger partial charge in [0.2, 0.25) is 0 Å². The molecule has 1 aromatic heterocycles. The molecule has 0 spiro atoms. The average molecular weight is 331 g/mol. The lowest BCUT2D eigenvalue weighted by atomic mass is 10.2. The summed E-state index contributed by atoms with van der Waals surface area (Å²) in [4.78, 5) is 18.8. The Morgan fingerprint density at radius 3 is 3.04 bits per heavy atom. The first-order chi connectivity index (χ1) is 11.5. The van der Waals surface area contributed by atoms with E-state index in [2.05, 4.69) is 20.5 Å². The molecule has 1 aliphatic rings. The number of amides is 2. The van der Waals surface area contributed by atoms with Crippen molar-refractivity contribution in [1.82, 2.24) is 25.4 Å². The lowest BCUT2D eigenvalue weighted by molar-refractivity contribution is 0.190. The maximum absolute atomic E-state index is 13.2. The number of rotatable bonds is 4. The monoisotopic (exact) mass is 331 g/mol. The van der Waals surface area contributed by atoms with Gasteiger partial charge in [-0.2, -0.15) is 5.10 Å². The van der Waals surface area contributed by atoms with Crippen molar-refractivity contribution in [2.24, 2.45) is 0 Å². The van der Waals surface area contributed by atoms with Gasteiger partial charge < -0.3 is 10.2 Å². The van der Waals surface area contributed by atoms with Crippen LogP contribution in [0.3, 0.4) is 0 Å². The Bertz CT molecular complexity index is 715. The highest BCUT2D eigenvalue weighted by molar-refractivity contribution is 5.75. The number of aromatic amines is 1. The predicted octanol–water partition coefficient (Wildman–Crippen LogP) is 3.11. The number of hydrogen-bond donors (Lipinski definition) is 2. The van der Waals surface area contributed by atoms with Gasteiger partial charge in [-0.05, 0) is 30.5 Å². The molecule has 1 atom stereocenters.